The van der Waals surface area contributed by atoms with Crippen molar-refractivity contribution < 1.29 is 0 Å². The summed E-state index contributed by atoms with van der Waals surface area (Å²) in [5, 5.41) is 14.4. The molecule has 1 aliphatic carbocycles. The molecule has 1 unspecified atom stereocenters. The fourth-order valence-electron chi connectivity index (χ4n) is 6.29. The number of aromatic amines is 1. The van der Waals surface area contributed by atoms with Crippen LogP contribution in [0, 0.1) is 13.8 Å². The minimum absolute atomic E-state index is 0.0906. The van der Waals surface area contributed by atoms with Crippen molar-refractivity contribution in [1.82, 2.24) is 30.1 Å². The highest BCUT2D eigenvalue weighted by molar-refractivity contribution is 5.85. The molecule has 1 aliphatic rings. The fraction of sp³-hybridized carbons (Fsp3) is 0.353. The molecule has 1 fully saturated rings. The number of pyridine rings is 1. The molecule has 41 heavy (non-hydrogen) atoms. The molecule has 0 bridgehead atoms. The lowest BCUT2D eigenvalue weighted by molar-refractivity contribution is 0.197. The van der Waals surface area contributed by atoms with Gasteiger partial charge < -0.3 is 4.98 Å². The summed E-state index contributed by atoms with van der Waals surface area (Å²) in [6.07, 6.45) is 6.55. The van der Waals surface area contributed by atoms with E-state index < -0.39 is 6.04 Å². The summed E-state index contributed by atoms with van der Waals surface area (Å²) >= 11 is 0. The smallest absolute Gasteiger partial charge is 0.253 e. The van der Waals surface area contributed by atoms with Gasteiger partial charge in [0.05, 0.1) is 11.6 Å². The van der Waals surface area contributed by atoms with Crippen LogP contribution in [-0.4, -0.2) is 36.6 Å². The molecule has 0 spiro atoms. The van der Waals surface area contributed by atoms with Crippen LogP contribution in [-0.2, 0) is 13.0 Å². The number of H-pyrrole nitrogens is 1. The molecule has 3 aromatic carbocycles. The number of hydrogen-bond acceptors (Lipinski definition) is 5. The maximum Gasteiger partial charge on any atom is 0.253 e. The van der Waals surface area contributed by atoms with Gasteiger partial charge in [-0.3, -0.25) is 9.69 Å². The van der Waals surface area contributed by atoms with Crippen LogP contribution in [0.1, 0.15) is 77.8 Å². The van der Waals surface area contributed by atoms with Gasteiger partial charge in [0, 0.05) is 24.0 Å². The van der Waals surface area contributed by atoms with Crippen LogP contribution in [0.3, 0.4) is 0 Å². The van der Waals surface area contributed by atoms with E-state index >= 15 is 0 Å². The van der Waals surface area contributed by atoms with Gasteiger partial charge in [0.1, 0.15) is 6.04 Å². The van der Waals surface area contributed by atoms with Crippen molar-refractivity contribution in [2.75, 3.05) is 6.54 Å². The molecule has 2 aromatic heterocycles. The summed E-state index contributed by atoms with van der Waals surface area (Å²) in [7, 11) is 0. The second-order valence-corrected chi connectivity index (χ2v) is 11.4. The van der Waals surface area contributed by atoms with Crippen LogP contribution in [0.15, 0.2) is 83.7 Å². The Morgan fingerprint density at radius 3 is 2.32 bits per heavy atom. The molecule has 0 amide bonds. The summed E-state index contributed by atoms with van der Waals surface area (Å²) in [6, 6.07) is 27.1. The number of aromatic nitrogens is 5. The Labute approximate surface area is 241 Å². The molecule has 0 saturated heterocycles. The molecule has 1 saturated carbocycles. The largest absolute Gasteiger partial charge is 0.321 e. The van der Waals surface area contributed by atoms with Gasteiger partial charge in [-0.1, -0.05) is 92.1 Å². The Hall–Kier alpha value is -4.10. The third-order valence-electron chi connectivity index (χ3n) is 8.57. The van der Waals surface area contributed by atoms with Crippen molar-refractivity contribution in [3.8, 4) is 0 Å². The topological polar surface area (TPSA) is 79.7 Å². The average Bonchev–Trinajstić information content (AvgIpc) is 3.49. The maximum absolute atomic E-state index is 14.0. The van der Waals surface area contributed by atoms with Crippen molar-refractivity contribution in [2.24, 2.45) is 0 Å². The normalized spacial score (nSPS) is 15.0. The van der Waals surface area contributed by atoms with E-state index in [-0.39, 0.29) is 11.6 Å². The average molecular weight is 547 g/mol. The van der Waals surface area contributed by atoms with E-state index in [1.54, 1.807) is 0 Å². The monoisotopic (exact) mass is 546 g/mol. The number of benzene rings is 3. The highest BCUT2D eigenvalue weighted by Gasteiger charge is 2.33. The first kappa shape index (κ1) is 27.1. The minimum atomic E-state index is -0.413. The summed E-state index contributed by atoms with van der Waals surface area (Å²) in [6.45, 7) is 5.55. The molecule has 7 heteroatoms. The maximum atomic E-state index is 14.0. The number of nitrogens with one attached hydrogen (secondary N) is 1. The highest BCUT2D eigenvalue weighted by atomic mass is 16.1. The zero-order valence-electron chi connectivity index (χ0n) is 24.0. The number of tetrazole rings is 1. The Bertz CT molecular complexity index is 1650. The first-order chi connectivity index (χ1) is 20.1. The van der Waals surface area contributed by atoms with Gasteiger partial charge in [-0.25, -0.2) is 4.68 Å². The Morgan fingerprint density at radius 1 is 0.902 bits per heavy atom. The molecule has 1 N–H and O–H groups in total. The number of nitrogens with zero attached hydrogens (tertiary/aromatic N) is 5. The van der Waals surface area contributed by atoms with E-state index in [1.807, 2.05) is 23.7 Å². The number of aryl methyl sites for hydroxylation is 2. The molecule has 6 rings (SSSR count). The van der Waals surface area contributed by atoms with Crippen LogP contribution < -0.4 is 5.56 Å². The lowest BCUT2D eigenvalue weighted by atomic mass is 9.94. The molecule has 1 atom stereocenters. The summed E-state index contributed by atoms with van der Waals surface area (Å²) in [4.78, 5) is 19.6. The van der Waals surface area contributed by atoms with Gasteiger partial charge in [-0.05, 0) is 71.9 Å². The standard InChI is InChI=1S/C34H38N6O/c1-24-18-19-25(2)31-29(24)22-30(34(41)35-31)32(33-36-37-38-40(33)28-16-10-5-11-17-28)39(23-27-14-8-4-9-15-27)21-20-26-12-6-3-7-13-26/h3-4,6-9,12-15,18-19,22,28,32H,5,10-11,16-17,20-21,23H2,1-2H3,(H,35,41). The van der Waals surface area contributed by atoms with Crippen molar-refractivity contribution in [2.45, 2.75) is 71.0 Å². The first-order valence-corrected chi connectivity index (χ1v) is 14.8. The van der Waals surface area contributed by atoms with E-state index in [0.717, 1.165) is 53.7 Å². The molecule has 5 aromatic rings. The highest BCUT2D eigenvalue weighted by Crippen LogP contribution is 2.34. The molecule has 210 valence electrons. The predicted molar refractivity (Wildman–Crippen MR) is 163 cm³/mol. The fourth-order valence-corrected chi connectivity index (χ4v) is 6.29. The predicted octanol–water partition coefficient (Wildman–Crippen LogP) is 6.47. The van der Waals surface area contributed by atoms with Crippen molar-refractivity contribution in [3.63, 3.8) is 0 Å². The van der Waals surface area contributed by atoms with Crippen LogP contribution in [0.5, 0.6) is 0 Å². The second-order valence-electron chi connectivity index (χ2n) is 11.4. The van der Waals surface area contributed by atoms with Gasteiger partial charge in [0.15, 0.2) is 5.82 Å². The van der Waals surface area contributed by atoms with Gasteiger partial charge in [0.2, 0.25) is 0 Å². The second kappa shape index (κ2) is 12.2. The van der Waals surface area contributed by atoms with Gasteiger partial charge in [-0.2, -0.15) is 0 Å². The first-order valence-electron chi connectivity index (χ1n) is 14.8. The van der Waals surface area contributed by atoms with E-state index in [1.165, 1.54) is 30.4 Å². The zero-order valence-corrected chi connectivity index (χ0v) is 24.0. The van der Waals surface area contributed by atoms with Gasteiger partial charge >= 0.3 is 0 Å². The van der Waals surface area contributed by atoms with E-state index in [9.17, 15) is 4.79 Å². The van der Waals surface area contributed by atoms with Gasteiger partial charge in [-0.15, -0.1) is 5.10 Å². The molecule has 0 aliphatic heterocycles. The summed E-state index contributed by atoms with van der Waals surface area (Å²) in [5.74, 6) is 0.746. The molecular formula is C34H38N6O. The van der Waals surface area contributed by atoms with Crippen LogP contribution in [0.4, 0.5) is 0 Å². The van der Waals surface area contributed by atoms with Gasteiger partial charge in [0.25, 0.3) is 5.56 Å². The lowest BCUT2D eigenvalue weighted by Gasteiger charge is -2.33. The third-order valence-corrected chi connectivity index (χ3v) is 8.57. The number of hydrogen-bond donors (Lipinski definition) is 1. The van der Waals surface area contributed by atoms with E-state index in [0.29, 0.717) is 12.1 Å². The van der Waals surface area contributed by atoms with Crippen LogP contribution >= 0.6 is 0 Å². The summed E-state index contributed by atoms with van der Waals surface area (Å²) < 4.78 is 2.02. The lowest BCUT2D eigenvalue weighted by Crippen LogP contribution is -2.37. The van der Waals surface area contributed by atoms with Crippen molar-refractivity contribution in [3.05, 3.63) is 123 Å². The van der Waals surface area contributed by atoms with E-state index in [2.05, 4.69) is 99.1 Å². The van der Waals surface area contributed by atoms with Crippen LogP contribution in [0.25, 0.3) is 10.9 Å². The minimum Gasteiger partial charge on any atom is -0.321 e. The van der Waals surface area contributed by atoms with Crippen molar-refractivity contribution in [1.29, 1.82) is 0 Å². The van der Waals surface area contributed by atoms with Crippen molar-refractivity contribution >= 4 is 10.9 Å². The molecule has 2 heterocycles. The Morgan fingerprint density at radius 2 is 1.59 bits per heavy atom. The Balaban J connectivity index is 1.51. The van der Waals surface area contributed by atoms with Crippen LogP contribution in [0.2, 0.25) is 0 Å². The third kappa shape index (κ3) is 5.86. The molecule has 0 radical (unpaired) electrons. The summed E-state index contributed by atoms with van der Waals surface area (Å²) in [5.41, 5.74) is 6.12. The quantitative estimate of drug-likeness (QED) is 0.229. The molecule has 7 nitrogen and oxygen atoms in total. The van der Waals surface area contributed by atoms with E-state index in [4.69, 9.17) is 0 Å². The SMILES string of the molecule is Cc1ccc(C)c2[nH]c(=O)c(C(c3nnnn3C3CCCCC3)N(CCc3ccccc3)Cc3ccccc3)cc12. The number of fused-ring (bicyclic) bond motifs is 1. The number of rotatable bonds is 9. The molecular weight excluding hydrogens is 508 g/mol. The Kier molecular flexibility index (Phi) is 8.05. The zero-order chi connectivity index (χ0) is 28.2.